The Morgan fingerprint density at radius 1 is 1.00 bits per heavy atom. The number of amides is 1. The Morgan fingerprint density at radius 2 is 1.70 bits per heavy atom. The highest BCUT2D eigenvalue weighted by Gasteiger charge is 2.17. The van der Waals surface area contributed by atoms with E-state index in [1.54, 1.807) is 0 Å². The topological polar surface area (TPSA) is 56.8 Å². The molecule has 0 saturated carbocycles. The van der Waals surface area contributed by atoms with Gasteiger partial charge in [-0.25, -0.2) is 4.79 Å². The summed E-state index contributed by atoms with van der Waals surface area (Å²) in [5.41, 5.74) is 2.94. The molecule has 0 unspecified atom stereocenters. The van der Waals surface area contributed by atoms with Gasteiger partial charge in [-0.1, -0.05) is 54.6 Å². The highest BCUT2D eigenvalue weighted by atomic mass is 16.7. The van der Waals surface area contributed by atoms with Gasteiger partial charge in [-0.15, -0.1) is 0 Å². The van der Waals surface area contributed by atoms with Crippen molar-refractivity contribution in [1.29, 1.82) is 0 Å². The molecule has 1 amide bonds. The molecule has 0 aliphatic carbocycles. The molecular weight excluding hydrogens is 294 g/mol. The molecule has 120 valence electrons. The first-order valence-electron chi connectivity index (χ1n) is 7.58. The molecule has 3 rings (SSSR count). The molecule has 1 saturated heterocycles. The molecule has 0 atom stereocenters. The van der Waals surface area contributed by atoms with E-state index in [-0.39, 0.29) is 12.9 Å². The second-order valence-electron chi connectivity index (χ2n) is 5.23. The van der Waals surface area contributed by atoms with Crippen LogP contribution < -0.4 is 5.32 Å². The monoisotopic (exact) mass is 313 g/mol. The smallest absolute Gasteiger partial charge is 0.407 e. The van der Waals surface area contributed by atoms with E-state index in [0.29, 0.717) is 19.8 Å². The van der Waals surface area contributed by atoms with Gasteiger partial charge < -0.3 is 19.5 Å². The number of nitrogens with one attached hydrogen (secondary N) is 1. The largest absolute Gasteiger partial charge is 0.445 e. The minimum absolute atomic E-state index is 0.266. The first-order valence-corrected chi connectivity index (χ1v) is 7.58. The Labute approximate surface area is 135 Å². The van der Waals surface area contributed by atoms with Gasteiger partial charge in [-0.3, -0.25) is 0 Å². The molecule has 1 aliphatic heterocycles. The van der Waals surface area contributed by atoms with Gasteiger partial charge in [0.15, 0.2) is 6.29 Å². The van der Waals surface area contributed by atoms with Crippen LogP contribution in [0.5, 0.6) is 0 Å². The predicted octanol–water partition coefficient (Wildman–Crippen LogP) is 3.16. The lowest BCUT2D eigenvalue weighted by atomic mass is 10.1. The first kappa shape index (κ1) is 15.5. The summed E-state index contributed by atoms with van der Waals surface area (Å²) in [6.07, 6.45) is -0.701. The Balaban J connectivity index is 1.43. The van der Waals surface area contributed by atoms with E-state index in [4.69, 9.17) is 14.2 Å². The van der Waals surface area contributed by atoms with Crippen LogP contribution in [0.2, 0.25) is 0 Å². The van der Waals surface area contributed by atoms with E-state index < -0.39 is 6.09 Å². The van der Waals surface area contributed by atoms with Crippen LogP contribution >= 0.6 is 0 Å². The molecular formula is C18H19NO4. The molecule has 2 aromatic carbocycles. The van der Waals surface area contributed by atoms with Crippen molar-refractivity contribution < 1.29 is 19.0 Å². The Kier molecular flexibility index (Phi) is 5.24. The SMILES string of the molecule is O=C(NCc1ccc(C2OCCO2)cc1)OCc1ccccc1. The van der Waals surface area contributed by atoms with Crippen LogP contribution in [0.1, 0.15) is 23.0 Å². The fraction of sp³-hybridized carbons (Fsp3) is 0.278. The molecule has 0 aromatic heterocycles. The molecule has 5 nitrogen and oxygen atoms in total. The molecule has 0 radical (unpaired) electrons. The average molecular weight is 313 g/mol. The first-order chi connectivity index (χ1) is 11.3. The van der Waals surface area contributed by atoms with Gasteiger partial charge >= 0.3 is 6.09 Å². The number of ether oxygens (including phenoxy) is 3. The quantitative estimate of drug-likeness (QED) is 0.921. The van der Waals surface area contributed by atoms with Crippen LogP contribution in [0.4, 0.5) is 4.79 Å². The maximum Gasteiger partial charge on any atom is 0.407 e. The van der Waals surface area contributed by atoms with Crippen LogP contribution in [0, 0.1) is 0 Å². The zero-order valence-corrected chi connectivity index (χ0v) is 12.7. The molecule has 0 bridgehead atoms. The maximum atomic E-state index is 11.7. The standard InChI is InChI=1S/C18H19NO4/c20-18(23-13-15-4-2-1-3-5-15)19-12-14-6-8-16(9-7-14)17-21-10-11-22-17/h1-9,17H,10-13H2,(H,19,20). The molecule has 2 aromatic rings. The lowest BCUT2D eigenvalue weighted by molar-refractivity contribution is -0.0441. The number of benzene rings is 2. The Hall–Kier alpha value is -2.37. The van der Waals surface area contributed by atoms with Crippen molar-refractivity contribution in [3.63, 3.8) is 0 Å². The summed E-state index contributed by atoms with van der Waals surface area (Å²) in [5, 5.41) is 2.73. The van der Waals surface area contributed by atoms with E-state index in [2.05, 4.69) is 5.32 Å². The van der Waals surface area contributed by atoms with Gasteiger partial charge in [-0.05, 0) is 11.1 Å². The number of hydrogen-bond acceptors (Lipinski definition) is 4. The molecule has 1 heterocycles. The molecule has 0 spiro atoms. The molecule has 1 N–H and O–H groups in total. The zero-order valence-electron chi connectivity index (χ0n) is 12.7. The number of rotatable bonds is 5. The van der Waals surface area contributed by atoms with Crippen molar-refractivity contribution in [1.82, 2.24) is 5.32 Å². The third kappa shape index (κ3) is 4.55. The fourth-order valence-corrected chi connectivity index (χ4v) is 2.29. The summed E-state index contributed by atoms with van der Waals surface area (Å²) in [6, 6.07) is 17.4. The second kappa shape index (κ2) is 7.76. The van der Waals surface area contributed by atoms with Gasteiger partial charge in [0, 0.05) is 12.1 Å². The molecule has 1 fully saturated rings. The lowest BCUT2D eigenvalue weighted by Gasteiger charge is -2.10. The third-order valence-corrected chi connectivity index (χ3v) is 3.52. The van der Waals surface area contributed by atoms with Gasteiger partial charge in [0.1, 0.15) is 6.61 Å². The van der Waals surface area contributed by atoms with Crippen LogP contribution in [0.15, 0.2) is 54.6 Å². The highest BCUT2D eigenvalue weighted by molar-refractivity contribution is 5.67. The van der Waals surface area contributed by atoms with E-state index in [1.165, 1.54) is 0 Å². The average Bonchev–Trinajstić information content (AvgIpc) is 3.14. The van der Waals surface area contributed by atoms with Crippen LogP contribution in [0.25, 0.3) is 0 Å². The van der Waals surface area contributed by atoms with Crippen LogP contribution in [0.3, 0.4) is 0 Å². The van der Waals surface area contributed by atoms with Crippen molar-refractivity contribution in [3.05, 3.63) is 71.3 Å². The van der Waals surface area contributed by atoms with Crippen molar-refractivity contribution >= 4 is 6.09 Å². The summed E-state index contributed by atoms with van der Waals surface area (Å²) >= 11 is 0. The second-order valence-corrected chi connectivity index (χ2v) is 5.23. The lowest BCUT2D eigenvalue weighted by Crippen LogP contribution is -2.23. The van der Waals surface area contributed by atoms with Gasteiger partial charge in [0.25, 0.3) is 0 Å². The van der Waals surface area contributed by atoms with E-state index in [1.807, 2.05) is 54.6 Å². The number of carbonyl (C=O) groups is 1. The van der Waals surface area contributed by atoms with Crippen molar-refractivity contribution in [2.75, 3.05) is 13.2 Å². The van der Waals surface area contributed by atoms with Crippen molar-refractivity contribution in [2.24, 2.45) is 0 Å². The zero-order chi connectivity index (χ0) is 15.9. The minimum Gasteiger partial charge on any atom is -0.445 e. The van der Waals surface area contributed by atoms with Gasteiger partial charge in [0.05, 0.1) is 13.2 Å². The molecule has 5 heteroatoms. The van der Waals surface area contributed by atoms with Gasteiger partial charge in [0.2, 0.25) is 0 Å². The predicted molar refractivity (Wildman–Crippen MR) is 84.6 cm³/mol. The van der Waals surface area contributed by atoms with Crippen molar-refractivity contribution in [2.45, 2.75) is 19.4 Å². The maximum absolute atomic E-state index is 11.7. The summed E-state index contributed by atoms with van der Waals surface area (Å²) < 4.78 is 16.0. The van der Waals surface area contributed by atoms with Crippen LogP contribution in [-0.4, -0.2) is 19.3 Å². The highest BCUT2D eigenvalue weighted by Crippen LogP contribution is 2.23. The Bertz CT molecular complexity index is 621. The van der Waals surface area contributed by atoms with Crippen molar-refractivity contribution in [3.8, 4) is 0 Å². The number of alkyl carbamates (subject to hydrolysis) is 1. The Morgan fingerprint density at radius 3 is 2.39 bits per heavy atom. The number of hydrogen-bond donors (Lipinski definition) is 1. The fourth-order valence-electron chi connectivity index (χ4n) is 2.29. The number of carbonyl (C=O) groups excluding carboxylic acids is 1. The summed E-state index contributed by atoms with van der Waals surface area (Å²) in [7, 11) is 0. The molecule has 1 aliphatic rings. The minimum atomic E-state index is -0.430. The van der Waals surface area contributed by atoms with Crippen LogP contribution in [-0.2, 0) is 27.4 Å². The van der Waals surface area contributed by atoms with E-state index in [0.717, 1.165) is 16.7 Å². The third-order valence-electron chi connectivity index (χ3n) is 3.52. The van der Waals surface area contributed by atoms with E-state index in [9.17, 15) is 4.79 Å². The normalized spacial score (nSPS) is 14.6. The summed E-state index contributed by atoms with van der Waals surface area (Å²) in [6.45, 7) is 1.94. The summed E-state index contributed by atoms with van der Waals surface area (Å²) in [5.74, 6) is 0. The van der Waals surface area contributed by atoms with E-state index >= 15 is 0 Å². The van der Waals surface area contributed by atoms with Gasteiger partial charge in [-0.2, -0.15) is 0 Å². The summed E-state index contributed by atoms with van der Waals surface area (Å²) in [4.78, 5) is 11.7. The molecule has 23 heavy (non-hydrogen) atoms.